The van der Waals surface area contributed by atoms with Gasteiger partial charge >= 0.3 is 6.09 Å². The van der Waals surface area contributed by atoms with Crippen LogP contribution in [0, 0.1) is 13.8 Å². The lowest BCUT2D eigenvalue weighted by Gasteiger charge is -2.41. The first-order valence-corrected chi connectivity index (χ1v) is 9.90. The van der Waals surface area contributed by atoms with Crippen LogP contribution in [0.25, 0.3) is 11.1 Å². The van der Waals surface area contributed by atoms with Gasteiger partial charge in [0.05, 0.1) is 0 Å². The van der Waals surface area contributed by atoms with Crippen molar-refractivity contribution in [3.63, 3.8) is 0 Å². The number of piperidine rings is 1. The molecule has 1 fully saturated rings. The molecule has 1 aliphatic carbocycles. The van der Waals surface area contributed by atoms with Crippen LogP contribution in [0.15, 0.2) is 36.4 Å². The van der Waals surface area contributed by atoms with E-state index in [2.05, 4.69) is 50.2 Å². The third kappa shape index (κ3) is 3.03. The van der Waals surface area contributed by atoms with Crippen LogP contribution in [0.2, 0.25) is 0 Å². The van der Waals surface area contributed by atoms with Gasteiger partial charge in [0.2, 0.25) is 0 Å². The topological polar surface area (TPSA) is 29.5 Å². The van der Waals surface area contributed by atoms with Gasteiger partial charge in [0.25, 0.3) is 0 Å². The molecule has 27 heavy (non-hydrogen) atoms. The molecular formula is C24H29NO2. The largest absolute Gasteiger partial charge is 0.444 e. The maximum Gasteiger partial charge on any atom is 0.410 e. The van der Waals surface area contributed by atoms with E-state index in [1.54, 1.807) is 0 Å². The minimum atomic E-state index is -0.451. The first kappa shape index (κ1) is 18.1. The van der Waals surface area contributed by atoms with Crippen molar-refractivity contribution in [2.75, 3.05) is 13.1 Å². The highest BCUT2D eigenvalue weighted by Crippen LogP contribution is 2.54. The molecule has 0 radical (unpaired) electrons. The number of aryl methyl sites for hydroxylation is 2. The molecule has 2 aromatic carbocycles. The quantitative estimate of drug-likeness (QED) is 0.610. The highest BCUT2D eigenvalue weighted by Gasteiger charge is 2.46. The molecule has 3 heteroatoms. The summed E-state index contributed by atoms with van der Waals surface area (Å²) in [6.45, 7) is 11.6. The zero-order valence-corrected chi connectivity index (χ0v) is 17.1. The van der Waals surface area contributed by atoms with Gasteiger partial charge in [-0.15, -0.1) is 0 Å². The maximum atomic E-state index is 12.5. The van der Waals surface area contributed by atoms with Crippen molar-refractivity contribution in [3.05, 3.63) is 58.7 Å². The van der Waals surface area contributed by atoms with Gasteiger partial charge in [0.1, 0.15) is 5.60 Å². The van der Waals surface area contributed by atoms with Crippen molar-refractivity contribution >= 4 is 6.09 Å². The molecule has 2 aromatic rings. The number of nitrogens with zero attached hydrogens (tertiary/aromatic N) is 1. The summed E-state index contributed by atoms with van der Waals surface area (Å²) in [7, 11) is 0. The van der Waals surface area contributed by atoms with Crippen LogP contribution < -0.4 is 0 Å². The first-order valence-electron chi connectivity index (χ1n) is 9.90. The Kier molecular flexibility index (Phi) is 4.10. The fourth-order valence-corrected chi connectivity index (χ4v) is 4.66. The highest BCUT2D eigenvalue weighted by molar-refractivity contribution is 5.82. The number of rotatable bonds is 0. The van der Waals surface area contributed by atoms with Crippen molar-refractivity contribution in [3.8, 4) is 11.1 Å². The third-order valence-electron chi connectivity index (χ3n) is 5.94. The Morgan fingerprint density at radius 1 is 0.926 bits per heavy atom. The number of ether oxygens (including phenoxy) is 1. The van der Waals surface area contributed by atoms with Crippen LogP contribution in [0.3, 0.4) is 0 Å². The first-order chi connectivity index (χ1) is 12.7. The number of hydrogen-bond donors (Lipinski definition) is 0. The summed E-state index contributed by atoms with van der Waals surface area (Å²) < 4.78 is 5.59. The fourth-order valence-electron chi connectivity index (χ4n) is 4.66. The van der Waals surface area contributed by atoms with Crippen LogP contribution >= 0.6 is 0 Å². The van der Waals surface area contributed by atoms with Gasteiger partial charge in [-0.3, -0.25) is 0 Å². The molecule has 1 saturated heterocycles. The molecule has 3 nitrogen and oxygen atoms in total. The molecule has 0 bridgehead atoms. The number of benzene rings is 2. The monoisotopic (exact) mass is 363 g/mol. The van der Waals surface area contributed by atoms with Crippen molar-refractivity contribution in [2.45, 2.75) is 58.5 Å². The lowest BCUT2D eigenvalue weighted by Crippen LogP contribution is -2.46. The van der Waals surface area contributed by atoms with Crippen LogP contribution in [0.1, 0.15) is 55.9 Å². The van der Waals surface area contributed by atoms with Crippen molar-refractivity contribution in [2.24, 2.45) is 0 Å². The predicted octanol–water partition coefficient (Wildman–Crippen LogP) is 5.60. The number of fused-ring (bicyclic) bond motifs is 5. The molecule has 0 aromatic heterocycles. The lowest BCUT2D eigenvalue weighted by molar-refractivity contribution is 0.0181. The minimum absolute atomic E-state index is 0.0151. The Labute approximate surface area is 162 Å². The zero-order chi connectivity index (χ0) is 19.4. The van der Waals surface area contributed by atoms with E-state index in [9.17, 15) is 4.79 Å². The average molecular weight is 364 g/mol. The summed E-state index contributed by atoms with van der Waals surface area (Å²) in [5.74, 6) is 0. The molecule has 2 aliphatic rings. The molecule has 1 aliphatic heterocycles. The molecule has 0 unspecified atom stereocenters. The number of amides is 1. The normalized spacial score (nSPS) is 17.6. The summed E-state index contributed by atoms with van der Waals surface area (Å²) in [6.07, 6.45) is 1.70. The van der Waals surface area contributed by atoms with Crippen molar-refractivity contribution < 1.29 is 9.53 Å². The van der Waals surface area contributed by atoms with E-state index >= 15 is 0 Å². The van der Waals surface area contributed by atoms with Gasteiger partial charge < -0.3 is 9.64 Å². The van der Waals surface area contributed by atoms with Gasteiger partial charge in [-0.05, 0) is 69.7 Å². The van der Waals surface area contributed by atoms with E-state index in [4.69, 9.17) is 4.74 Å². The molecule has 0 saturated carbocycles. The third-order valence-corrected chi connectivity index (χ3v) is 5.94. The Bertz CT molecular complexity index is 846. The molecule has 0 atom stereocenters. The second-order valence-corrected chi connectivity index (χ2v) is 9.15. The Hall–Kier alpha value is -2.29. The lowest BCUT2D eigenvalue weighted by atomic mass is 9.70. The van der Waals surface area contributed by atoms with E-state index in [1.165, 1.54) is 33.4 Å². The Morgan fingerprint density at radius 2 is 1.41 bits per heavy atom. The second kappa shape index (κ2) is 6.12. The van der Waals surface area contributed by atoms with Gasteiger partial charge in [-0.25, -0.2) is 4.79 Å². The Balaban J connectivity index is 1.69. The molecule has 4 rings (SSSR count). The number of likely N-dealkylation sites (tertiary alicyclic amines) is 1. The van der Waals surface area contributed by atoms with Gasteiger partial charge in [-0.2, -0.15) is 0 Å². The minimum Gasteiger partial charge on any atom is -0.444 e. The molecule has 1 spiro atoms. The second-order valence-electron chi connectivity index (χ2n) is 9.15. The SMILES string of the molecule is Cc1ccc2c(c1)C1(CCN(C(=O)OC(C)(C)C)CC1)c1cc(C)ccc1-2. The average Bonchev–Trinajstić information content (AvgIpc) is 2.83. The molecule has 1 heterocycles. The van der Waals surface area contributed by atoms with E-state index in [0.717, 1.165) is 25.9 Å². The van der Waals surface area contributed by atoms with Crippen molar-refractivity contribution in [1.29, 1.82) is 0 Å². The summed E-state index contributed by atoms with van der Waals surface area (Å²) >= 11 is 0. The summed E-state index contributed by atoms with van der Waals surface area (Å²) in [4.78, 5) is 14.4. The van der Waals surface area contributed by atoms with E-state index < -0.39 is 5.60 Å². The van der Waals surface area contributed by atoms with Gasteiger partial charge in [0.15, 0.2) is 0 Å². The molecule has 0 N–H and O–H groups in total. The van der Waals surface area contributed by atoms with Crippen LogP contribution in [-0.2, 0) is 10.2 Å². The maximum absolute atomic E-state index is 12.5. The van der Waals surface area contributed by atoms with Gasteiger partial charge in [0, 0.05) is 18.5 Å². The number of carbonyl (C=O) groups excluding carboxylic acids is 1. The van der Waals surface area contributed by atoms with Gasteiger partial charge in [-0.1, -0.05) is 47.5 Å². The summed E-state index contributed by atoms with van der Waals surface area (Å²) in [5, 5.41) is 0. The predicted molar refractivity (Wildman–Crippen MR) is 109 cm³/mol. The smallest absolute Gasteiger partial charge is 0.410 e. The summed E-state index contributed by atoms with van der Waals surface area (Å²) in [5.41, 5.74) is 7.76. The van der Waals surface area contributed by atoms with E-state index in [-0.39, 0.29) is 11.5 Å². The van der Waals surface area contributed by atoms with Crippen molar-refractivity contribution in [1.82, 2.24) is 4.90 Å². The van der Waals surface area contributed by atoms with E-state index in [0.29, 0.717) is 0 Å². The molecule has 142 valence electrons. The van der Waals surface area contributed by atoms with Crippen LogP contribution in [-0.4, -0.2) is 29.7 Å². The molecule has 1 amide bonds. The van der Waals surface area contributed by atoms with Crippen LogP contribution in [0.5, 0.6) is 0 Å². The van der Waals surface area contributed by atoms with E-state index in [1.807, 2.05) is 25.7 Å². The summed E-state index contributed by atoms with van der Waals surface area (Å²) in [6, 6.07) is 13.7. The van der Waals surface area contributed by atoms with Crippen LogP contribution in [0.4, 0.5) is 4.79 Å². The zero-order valence-electron chi connectivity index (χ0n) is 17.1. The fraction of sp³-hybridized carbons (Fsp3) is 0.458. The molecular weight excluding hydrogens is 334 g/mol. The number of carbonyl (C=O) groups is 1. The Morgan fingerprint density at radius 3 is 1.85 bits per heavy atom. The number of hydrogen-bond acceptors (Lipinski definition) is 2. The highest BCUT2D eigenvalue weighted by atomic mass is 16.6. The standard InChI is InChI=1S/C24H29NO2/c1-16-6-8-18-19-9-7-17(2)15-21(19)24(20(18)14-16)10-12-25(13-11-24)22(26)27-23(3,4)5/h6-9,14-15H,10-13H2,1-5H3.